The zero-order chi connectivity index (χ0) is 30.1. The zero-order valence-electron chi connectivity index (χ0n) is 24.7. The van der Waals surface area contributed by atoms with Crippen molar-refractivity contribution in [2.75, 3.05) is 37.4 Å². The van der Waals surface area contributed by atoms with Crippen molar-refractivity contribution in [2.45, 2.75) is 37.4 Å². The van der Waals surface area contributed by atoms with E-state index in [0.717, 1.165) is 29.1 Å². The van der Waals surface area contributed by atoms with Crippen LogP contribution in [-0.4, -0.2) is 61.5 Å². The van der Waals surface area contributed by atoms with Crippen molar-refractivity contribution in [2.24, 2.45) is 0 Å². The molecule has 2 N–H and O–H groups in total. The van der Waals surface area contributed by atoms with Crippen molar-refractivity contribution in [3.63, 3.8) is 0 Å². The van der Waals surface area contributed by atoms with Gasteiger partial charge in [0.15, 0.2) is 0 Å². The molecule has 1 atom stereocenters. The van der Waals surface area contributed by atoms with Gasteiger partial charge in [0.1, 0.15) is 17.5 Å². The van der Waals surface area contributed by atoms with Crippen LogP contribution in [0.1, 0.15) is 29.2 Å². The van der Waals surface area contributed by atoms with E-state index in [-0.39, 0.29) is 17.0 Å². The maximum Gasteiger partial charge on any atom is 0.240 e. The quantitative estimate of drug-likeness (QED) is 0.214. The minimum absolute atomic E-state index is 0.0228. The molecule has 3 aromatic heterocycles. The van der Waals surface area contributed by atoms with Crippen LogP contribution < -0.4 is 14.9 Å². The summed E-state index contributed by atoms with van der Waals surface area (Å²) in [4.78, 5) is 21.0. The molecule has 0 saturated carbocycles. The number of thiophene rings is 1. The maximum absolute atomic E-state index is 12.7. The average Bonchev–Trinajstić information content (AvgIpc) is 3.46. The number of pyridine rings is 1. The van der Waals surface area contributed by atoms with E-state index in [1.54, 1.807) is 47.9 Å². The van der Waals surface area contributed by atoms with Crippen LogP contribution in [0, 0.1) is 6.92 Å². The highest BCUT2D eigenvalue weighted by Crippen LogP contribution is 2.36. The summed E-state index contributed by atoms with van der Waals surface area (Å²) in [5.41, 5.74) is 3.33. The highest BCUT2D eigenvalue weighted by Gasteiger charge is 2.32. The van der Waals surface area contributed by atoms with Crippen LogP contribution >= 0.6 is 11.3 Å². The van der Waals surface area contributed by atoms with Crippen LogP contribution in [-0.2, 0) is 16.6 Å². The second-order valence-electron chi connectivity index (χ2n) is 11.2. The van der Waals surface area contributed by atoms with Gasteiger partial charge in [-0.25, -0.2) is 28.1 Å². The van der Waals surface area contributed by atoms with E-state index >= 15 is 0 Å². The van der Waals surface area contributed by atoms with Gasteiger partial charge in [-0.3, -0.25) is 0 Å². The number of nitrogens with one attached hydrogen (secondary N) is 2. The average molecular weight is 614 g/mol. The number of nitrogens with zero attached hydrogens (tertiary/aromatic N) is 5. The number of fused-ring (bicyclic) bond motifs is 1. The second kappa shape index (κ2) is 12.0. The molecule has 1 unspecified atom stereocenters. The first-order chi connectivity index (χ1) is 20.7. The Balaban J connectivity index is 1.19. The Bertz CT molecular complexity index is 1850. The molecule has 0 bridgehead atoms. The van der Waals surface area contributed by atoms with Crippen LogP contribution in [0.15, 0.2) is 83.9 Å². The first-order valence-electron chi connectivity index (χ1n) is 14.2. The van der Waals surface area contributed by atoms with Gasteiger partial charge in [-0.05, 0) is 69.4 Å². The van der Waals surface area contributed by atoms with Crippen molar-refractivity contribution in [3.05, 3.63) is 95.3 Å². The molecule has 6 rings (SSSR count). The lowest BCUT2D eigenvalue weighted by Gasteiger charge is -2.40. The van der Waals surface area contributed by atoms with Gasteiger partial charge in [0.05, 0.1) is 28.7 Å². The smallest absolute Gasteiger partial charge is 0.240 e. The summed E-state index contributed by atoms with van der Waals surface area (Å²) in [7, 11) is 0.613. The summed E-state index contributed by atoms with van der Waals surface area (Å²) in [5.74, 6) is 2.19. The van der Waals surface area contributed by atoms with Crippen LogP contribution in [0.4, 0.5) is 11.6 Å². The molecule has 0 radical (unpaired) electrons. The Morgan fingerprint density at radius 1 is 1.02 bits per heavy atom. The van der Waals surface area contributed by atoms with Gasteiger partial charge in [-0.2, -0.15) is 0 Å². The lowest BCUT2D eigenvalue weighted by atomic mass is 10.1. The summed E-state index contributed by atoms with van der Waals surface area (Å²) in [6, 6.07) is 23.2. The highest BCUT2D eigenvalue weighted by molar-refractivity contribution is 7.89. The first-order valence-corrected chi connectivity index (χ1v) is 16.5. The second-order valence-corrected chi connectivity index (χ2v) is 14.0. The predicted octanol–water partition coefficient (Wildman–Crippen LogP) is 5.46. The summed E-state index contributed by atoms with van der Waals surface area (Å²) in [6.07, 6.45) is 1.77. The predicted molar refractivity (Wildman–Crippen MR) is 174 cm³/mol. The number of sulfonamides is 1. The molecule has 0 aliphatic carbocycles. The van der Waals surface area contributed by atoms with Gasteiger partial charge >= 0.3 is 0 Å². The van der Waals surface area contributed by atoms with Crippen molar-refractivity contribution in [1.29, 1.82) is 0 Å². The van der Waals surface area contributed by atoms with E-state index in [2.05, 4.69) is 87.2 Å². The minimum Gasteiger partial charge on any atom is -0.362 e. The molecular weight excluding hydrogens is 579 g/mol. The summed E-state index contributed by atoms with van der Waals surface area (Å²) < 4.78 is 28.2. The molecule has 1 saturated heterocycles. The first kappa shape index (κ1) is 29.2. The summed E-state index contributed by atoms with van der Waals surface area (Å²) in [6.45, 7) is 5.97. The van der Waals surface area contributed by atoms with Gasteiger partial charge in [-0.1, -0.05) is 42.5 Å². The number of aryl methyl sites for hydroxylation is 1. The topological polar surface area (TPSA) is 103 Å². The Hall–Kier alpha value is -3.90. The van der Waals surface area contributed by atoms with Gasteiger partial charge in [-0.15, -0.1) is 11.3 Å². The molecule has 43 heavy (non-hydrogen) atoms. The van der Waals surface area contributed by atoms with E-state index in [1.807, 2.05) is 13.0 Å². The number of aromatic nitrogens is 3. The fourth-order valence-corrected chi connectivity index (χ4v) is 7.60. The fraction of sp³-hybridized carbons (Fsp3) is 0.281. The molecular formula is C32H35N7O2S2. The van der Waals surface area contributed by atoms with Crippen LogP contribution in [0.25, 0.3) is 21.3 Å². The number of anilines is 2. The number of hydrogen-bond donors (Lipinski definition) is 2. The van der Waals surface area contributed by atoms with Gasteiger partial charge < -0.3 is 15.1 Å². The third kappa shape index (κ3) is 6.40. The van der Waals surface area contributed by atoms with E-state index < -0.39 is 10.0 Å². The zero-order valence-corrected chi connectivity index (χ0v) is 26.3. The molecule has 1 aliphatic heterocycles. The molecule has 11 heteroatoms. The SMILES string of the molecule is Cc1nc(NC(C)c2ccc(-c3ccccc3CN(C)C)s2)c2cc(N3CC(NS(=O)(=O)c4ccccc4)C3)ncc2n1. The van der Waals surface area contributed by atoms with Crippen molar-refractivity contribution < 1.29 is 8.42 Å². The van der Waals surface area contributed by atoms with Crippen LogP contribution in [0.2, 0.25) is 0 Å². The van der Waals surface area contributed by atoms with Crippen molar-refractivity contribution in [1.82, 2.24) is 24.6 Å². The molecule has 0 amide bonds. The Morgan fingerprint density at radius 3 is 2.53 bits per heavy atom. The molecule has 2 aromatic carbocycles. The van der Waals surface area contributed by atoms with E-state index in [9.17, 15) is 8.42 Å². The van der Waals surface area contributed by atoms with Gasteiger partial charge in [0.2, 0.25) is 10.0 Å². The standard InChI is InChI=1S/C32H35N7O2S2/c1-21(29-14-15-30(42-29)26-13-9-8-10-23(26)18-38(3)4)34-32-27-16-31(33-17-28(27)35-22(2)36-32)39-19-24(20-39)37-43(40,41)25-11-6-5-7-12-25/h5-17,21,24,37H,18-20H2,1-4H3,(H,34,35,36). The van der Waals surface area contributed by atoms with E-state index in [1.165, 1.54) is 20.9 Å². The van der Waals surface area contributed by atoms with Gasteiger partial charge in [0, 0.05) is 34.8 Å². The Labute approximate surface area is 256 Å². The monoisotopic (exact) mass is 613 g/mol. The molecule has 0 spiro atoms. The molecule has 4 heterocycles. The largest absolute Gasteiger partial charge is 0.362 e. The van der Waals surface area contributed by atoms with Crippen molar-refractivity contribution in [3.8, 4) is 10.4 Å². The fourth-order valence-electron chi connectivity index (χ4n) is 5.29. The maximum atomic E-state index is 12.7. The van der Waals surface area contributed by atoms with E-state index in [0.29, 0.717) is 18.9 Å². The molecule has 1 fully saturated rings. The Morgan fingerprint density at radius 2 is 1.77 bits per heavy atom. The number of benzene rings is 2. The molecule has 9 nitrogen and oxygen atoms in total. The lowest BCUT2D eigenvalue weighted by molar-refractivity contribution is 0.403. The third-order valence-electron chi connectivity index (χ3n) is 7.44. The van der Waals surface area contributed by atoms with E-state index in [4.69, 9.17) is 4.98 Å². The third-order valence-corrected chi connectivity index (χ3v) is 10.3. The van der Waals surface area contributed by atoms with Crippen LogP contribution in [0.5, 0.6) is 0 Å². The Kier molecular flexibility index (Phi) is 8.15. The molecule has 1 aliphatic rings. The molecule has 222 valence electrons. The normalized spacial score (nSPS) is 14.7. The lowest BCUT2D eigenvalue weighted by Crippen LogP contribution is -2.59. The number of rotatable bonds is 10. The van der Waals surface area contributed by atoms with Crippen molar-refractivity contribution >= 4 is 43.9 Å². The van der Waals surface area contributed by atoms with Gasteiger partial charge in [0.25, 0.3) is 0 Å². The molecule has 5 aromatic rings. The van der Waals surface area contributed by atoms with Crippen LogP contribution in [0.3, 0.4) is 0 Å². The summed E-state index contributed by atoms with van der Waals surface area (Å²) >= 11 is 1.79. The summed E-state index contributed by atoms with van der Waals surface area (Å²) in [5, 5.41) is 4.51. The number of hydrogen-bond acceptors (Lipinski definition) is 9. The highest BCUT2D eigenvalue weighted by atomic mass is 32.2. The minimum atomic E-state index is -3.56.